The second-order valence-corrected chi connectivity index (χ2v) is 9.05. The van der Waals surface area contributed by atoms with E-state index in [1.54, 1.807) is 48.5 Å². The molecular formula is C27H23ClN6O4. The molecule has 0 bridgehead atoms. The van der Waals surface area contributed by atoms with Crippen LogP contribution in [0.5, 0.6) is 11.6 Å². The van der Waals surface area contributed by atoms with E-state index in [9.17, 15) is 14.4 Å². The smallest absolute Gasteiger partial charge is 0.279 e. The van der Waals surface area contributed by atoms with E-state index in [1.807, 2.05) is 12.1 Å². The number of anilines is 3. The van der Waals surface area contributed by atoms with Gasteiger partial charge in [0.2, 0.25) is 17.7 Å². The maximum Gasteiger partial charge on any atom is 0.279 e. The van der Waals surface area contributed by atoms with Crippen LogP contribution < -0.4 is 26.2 Å². The van der Waals surface area contributed by atoms with Crippen molar-refractivity contribution in [3.63, 3.8) is 0 Å². The summed E-state index contributed by atoms with van der Waals surface area (Å²) in [5, 5.41) is 3.77. The first kappa shape index (κ1) is 25.0. The highest BCUT2D eigenvalue weighted by atomic mass is 35.5. The van der Waals surface area contributed by atoms with Gasteiger partial charge in [-0.2, -0.15) is 0 Å². The lowest BCUT2D eigenvalue weighted by atomic mass is 10.2. The van der Waals surface area contributed by atoms with Crippen molar-refractivity contribution < 1.29 is 14.3 Å². The molecule has 0 radical (unpaired) electrons. The second-order valence-electron chi connectivity index (χ2n) is 8.61. The van der Waals surface area contributed by atoms with Crippen LogP contribution in [0.25, 0.3) is 0 Å². The lowest BCUT2D eigenvalue weighted by Gasteiger charge is -2.19. The average molecular weight is 531 g/mol. The minimum atomic E-state index is -0.646. The van der Waals surface area contributed by atoms with Crippen LogP contribution >= 0.6 is 11.6 Å². The van der Waals surface area contributed by atoms with Crippen LogP contribution in [0.15, 0.2) is 77.7 Å². The second kappa shape index (κ2) is 10.7. The Bertz CT molecular complexity index is 1550. The fraction of sp³-hybridized carbons (Fsp3) is 0.148. The number of amides is 2. The number of benzene rings is 2. The molecule has 0 spiro atoms. The highest BCUT2D eigenvalue weighted by Gasteiger charge is 2.26. The third-order valence-corrected chi connectivity index (χ3v) is 6.21. The monoisotopic (exact) mass is 530 g/mol. The molecule has 5 rings (SSSR count). The van der Waals surface area contributed by atoms with Crippen molar-refractivity contribution in [2.24, 2.45) is 5.73 Å². The largest absolute Gasteiger partial charge is 0.439 e. The predicted octanol–water partition coefficient (Wildman–Crippen LogP) is 4.10. The number of primary amides is 1. The van der Waals surface area contributed by atoms with E-state index in [2.05, 4.69) is 15.3 Å². The Balaban J connectivity index is 1.41. The Labute approximate surface area is 222 Å². The summed E-state index contributed by atoms with van der Waals surface area (Å²) < 4.78 is 7.22. The van der Waals surface area contributed by atoms with Crippen molar-refractivity contribution in [2.75, 3.05) is 16.8 Å². The summed E-state index contributed by atoms with van der Waals surface area (Å²) in [7, 11) is 0. The number of hydrogen-bond acceptors (Lipinski definition) is 7. The van der Waals surface area contributed by atoms with E-state index in [0.29, 0.717) is 41.8 Å². The first-order chi connectivity index (χ1) is 18.4. The molecule has 0 atom stereocenters. The molecule has 1 fully saturated rings. The zero-order chi connectivity index (χ0) is 26.6. The highest BCUT2D eigenvalue weighted by Crippen LogP contribution is 2.25. The summed E-state index contributed by atoms with van der Waals surface area (Å²) in [6, 6.07) is 18.8. The van der Waals surface area contributed by atoms with Gasteiger partial charge in [0, 0.05) is 29.7 Å². The minimum Gasteiger partial charge on any atom is -0.439 e. The number of ether oxygens (including phenoxy) is 1. The summed E-state index contributed by atoms with van der Waals surface area (Å²) in [5.41, 5.74) is 6.80. The Morgan fingerprint density at radius 3 is 2.50 bits per heavy atom. The lowest BCUT2D eigenvalue weighted by Crippen LogP contribution is -2.34. The molecule has 2 aromatic heterocycles. The van der Waals surface area contributed by atoms with Crippen molar-refractivity contribution in [2.45, 2.75) is 19.4 Å². The van der Waals surface area contributed by atoms with Gasteiger partial charge in [0.15, 0.2) is 0 Å². The van der Waals surface area contributed by atoms with Crippen molar-refractivity contribution in [3.8, 4) is 11.6 Å². The molecule has 2 amide bonds. The molecular weight excluding hydrogens is 508 g/mol. The minimum absolute atomic E-state index is 0.0888. The molecule has 2 aromatic carbocycles. The van der Waals surface area contributed by atoms with Crippen LogP contribution in [-0.4, -0.2) is 32.9 Å². The van der Waals surface area contributed by atoms with E-state index in [1.165, 1.54) is 21.7 Å². The third kappa shape index (κ3) is 5.50. The number of halogens is 1. The first-order valence-corrected chi connectivity index (χ1v) is 12.2. The molecule has 38 heavy (non-hydrogen) atoms. The van der Waals surface area contributed by atoms with E-state index in [-0.39, 0.29) is 35.3 Å². The summed E-state index contributed by atoms with van der Waals surface area (Å²) in [6.07, 6.45) is 2.54. The maximum atomic E-state index is 13.5. The molecule has 11 heteroatoms. The predicted molar refractivity (Wildman–Crippen MR) is 143 cm³/mol. The van der Waals surface area contributed by atoms with Gasteiger partial charge in [-0.25, -0.2) is 9.97 Å². The van der Waals surface area contributed by atoms with Crippen molar-refractivity contribution in [3.05, 3.63) is 99.6 Å². The van der Waals surface area contributed by atoms with Gasteiger partial charge >= 0.3 is 0 Å². The van der Waals surface area contributed by atoms with Gasteiger partial charge in [0.25, 0.3) is 11.5 Å². The number of carbonyl (C=O) groups is 2. The summed E-state index contributed by atoms with van der Waals surface area (Å²) in [4.78, 5) is 47.2. The Hall–Kier alpha value is -4.70. The molecule has 1 aliphatic heterocycles. The number of carbonyl (C=O) groups excluding carboxylic acids is 2. The first-order valence-electron chi connectivity index (χ1n) is 11.8. The number of nitrogens with zero attached hydrogens (tertiary/aromatic N) is 4. The molecule has 1 aliphatic rings. The quantitative estimate of drug-likeness (QED) is 0.350. The number of pyridine rings is 1. The van der Waals surface area contributed by atoms with Gasteiger partial charge in [0.05, 0.1) is 12.7 Å². The Morgan fingerprint density at radius 2 is 1.82 bits per heavy atom. The van der Waals surface area contributed by atoms with Crippen molar-refractivity contribution >= 4 is 40.7 Å². The number of hydrogen-bond donors (Lipinski definition) is 2. The van der Waals surface area contributed by atoms with Crippen molar-refractivity contribution in [1.29, 1.82) is 0 Å². The number of aromatic nitrogens is 3. The molecule has 0 unspecified atom stereocenters. The van der Waals surface area contributed by atoms with Crippen LogP contribution in [0.3, 0.4) is 0 Å². The van der Waals surface area contributed by atoms with E-state index in [0.717, 1.165) is 5.56 Å². The van der Waals surface area contributed by atoms with Gasteiger partial charge in [-0.15, -0.1) is 0 Å². The lowest BCUT2D eigenvalue weighted by molar-refractivity contribution is -0.117. The van der Waals surface area contributed by atoms with E-state index >= 15 is 0 Å². The van der Waals surface area contributed by atoms with Crippen LogP contribution in [0.2, 0.25) is 5.02 Å². The van der Waals surface area contributed by atoms with Crippen molar-refractivity contribution in [1.82, 2.24) is 14.5 Å². The van der Waals surface area contributed by atoms with E-state index < -0.39 is 5.91 Å². The highest BCUT2D eigenvalue weighted by molar-refractivity contribution is 6.30. The molecule has 192 valence electrons. The summed E-state index contributed by atoms with van der Waals surface area (Å²) in [6.45, 7) is 0.715. The number of nitrogens with one attached hydrogen (secondary N) is 1. The van der Waals surface area contributed by atoms with Gasteiger partial charge in [-0.05, 0) is 54.4 Å². The van der Waals surface area contributed by atoms with Gasteiger partial charge in [-0.3, -0.25) is 19.0 Å². The SMILES string of the molecule is NC(=O)c1cccc(Oc2ccc(Nc3ncc(N4CCCC4=O)c(=O)n3Cc3ccc(Cl)cc3)cc2)n1. The number of nitrogens with two attached hydrogens (primary N) is 1. The van der Waals surface area contributed by atoms with Crippen LogP contribution in [0.4, 0.5) is 17.3 Å². The van der Waals surface area contributed by atoms with Gasteiger partial charge in [0.1, 0.15) is 17.1 Å². The molecule has 3 heterocycles. The Morgan fingerprint density at radius 1 is 1.05 bits per heavy atom. The molecule has 10 nitrogen and oxygen atoms in total. The maximum absolute atomic E-state index is 13.5. The standard InChI is InChI=1S/C27H23ClN6O4/c28-18-8-6-17(7-9-18)16-34-26(37)22(33-14-2-5-24(33)35)15-30-27(34)31-19-10-12-20(13-11-19)38-23-4-1-3-21(32-23)25(29)36/h1,3-4,6-13,15H,2,5,14,16H2,(H2,29,36)(H,30,31). The molecule has 0 aliphatic carbocycles. The Kier molecular flexibility index (Phi) is 7.05. The summed E-state index contributed by atoms with van der Waals surface area (Å²) >= 11 is 6.03. The normalized spacial score (nSPS) is 13.0. The average Bonchev–Trinajstić information content (AvgIpc) is 3.34. The fourth-order valence-electron chi connectivity index (χ4n) is 4.05. The van der Waals surface area contributed by atoms with Crippen LogP contribution in [0.1, 0.15) is 28.9 Å². The summed E-state index contributed by atoms with van der Waals surface area (Å²) in [5.74, 6) is 0.290. The van der Waals surface area contributed by atoms with Crippen LogP contribution in [-0.2, 0) is 11.3 Å². The van der Waals surface area contributed by atoms with Gasteiger partial charge < -0.3 is 20.7 Å². The topological polar surface area (TPSA) is 132 Å². The zero-order valence-corrected chi connectivity index (χ0v) is 20.9. The number of rotatable bonds is 8. The molecule has 3 N–H and O–H groups in total. The van der Waals surface area contributed by atoms with Gasteiger partial charge in [-0.1, -0.05) is 29.8 Å². The third-order valence-electron chi connectivity index (χ3n) is 5.96. The molecule has 4 aromatic rings. The molecule has 1 saturated heterocycles. The fourth-order valence-corrected chi connectivity index (χ4v) is 4.18. The van der Waals surface area contributed by atoms with E-state index in [4.69, 9.17) is 22.1 Å². The van der Waals surface area contributed by atoms with Crippen LogP contribution in [0, 0.1) is 0 Å². The zero-order valence-electron chi connectivity index (χ0n) is 20.1. The molecule has 0 saturated carbocycles.